The van der Waals surface area contributed by atoms with Crippen LogP contribution in [-0.4, -0.2) is 59.5 Å². The third-order valence-corrected chi connectivity index (χ3v) is 4.07. The van der Waals surface area contributed by atoms with Gasteiger partial charge in [0.25, 0.3) is 0 Å². The lowest BCUT2D eigenvalue weighted by atomic mass is 9.61. The molecule has 0 aromatic rings. The second-order valence-electron chi connectivity index (χ2n) is 6.89. The summed E-state index contributed by atoms with van der Waals surface area (Å²) in [6.07, 6.45) is 0.225. The number of morpholine rings is 1. The number of hydrogen-bond acceptors (Lipinski definition) is 5. The summed E-state index contributed by atoms with van der Waals surface area (Å²) in [6.45, 7) is 6.28. The van der Waals surface area contributed by atoms with Crippen molar-refractivity contribution in [3.63, 3.8) is 0 Å². The smallest absolute Gasteiger partial charge is 0.410 e. The Hall–Kier alpha value is -1.34. The summed E-state index contributed by atoms with van der Waals surface area (Å²) in [7, 11) is 0. The van der Waals surface area contributed by atoms with Crippen molar-refractivity contribution in [3.8, 4) is 0 Å². The van der Waals surface area contributed by atoms with E-state index in [9.17, 15) is 14.7 Å². The summed E-state index contributed by atoms with van der Waals surface area (Å²) >= 11 is 0. The number of aliphatic carboxylic acids is 1. The number of rotatable bonds is 2. The van der Waals surface area contributed by atoms with E-state index >= 15 is 0 Å². The van der Waals surface area contributed by atoms with Crippen molar-refractivity contribution in [3.05, 3.63) is 0 Å². The van der Waals surface area contributed by atoms with E-state index in [1.165, 1.54) is 4.90 Å². The van der Waals surface area contributed by atoms with Gasteiger partial charge in [0.15, 0.2) is 0 Å². The number of nitrogens with zero attached hydrogens (tertiary/aromatic N) is 1. The van der Waals surface area contributed by atoms with Crippen LogP contribution >= 0.6 is 0 Å². The van der Waals surface area contributed by atoms with Crippen LogP contribution < -0.4 is 5.73 Å². The summed E-state index contributed by atoms with van der Waals surface area (Å²) in [6, 6.07) is -0.665. The van der Waals surface area contributed by atoms with E-state index in [1.54, 1.807) is 20.8 Å². The Morgan fingerprint density at radius 3 is 2.48 bits per heavy atom. The lowest BCUT2D eigenvalue weighted by Gasteiger charge is -2.52. The molecule has 1 heterocycles. The predicted octanol–water partition coefficient (Wildman–Crippen LogP) is 0.814. The Labute approximate surface area is 124 Å². The third kappa shape index (κ3) is 3.13. The van der Waals surface area contributed by atoms with Crippen LogP contribution in [0.4, 0.5) is 4.79 Å². The molecule has 0 bridgehead atoms. The van der Waals surface area contributed by atoms with E-state index in [-0.39, 0.29) is 12.6 Å². The molecule has 1 aliphatic heterocycles. The molecule has 2 rings (SSSR count). The first kappa shape index (κ1) is 16.0. The molecule has 1 saturated heterocycles. The molecule has 1 amide bonds. The zero-order chi connectivity index (χ0) is 15.8. The summed E-state index contributed by atoms with van der Waals surface area (Å²) in [4.78, 5) is 25.5. The van der Waals surface area contributed by atoms with Crippen molar-refractivity contribution in [1.82, 2.24) is 4.90 Å². The van der Waals surface area contributed by atoms with E-state index in [1.807, 2.05) is 0 Å². The SMILES string of the molecule is CC(C)(C)OC(=O)N1CCOCC1C1(C(=O)O)CC(N)C1. The Balaban J connectivity index is 2.19. The molecule has 7 nitrogen and oxygen atoms in total. The summed E-state index contributed by atoms with van der Waals surface area (Å²) in [5.74, 6) is -0.923. The van der Waals surface area contributed by atoms with Crippen molar-refractivity contribution in [2.75, 3.05) is 19.8 Å². The number of carbonyl (C=O) groups is 2. The van der Waals surface area contributed by atoms with E-state index < -0.39 is 29.1 Å². The standard InChI is InChI=1S/C14H24N2O5/c1-13(2,3)21-12(19)16-4-5-20-8-10(16)14(11(17)18)6-9(15)7-14/h9-10H,4-8,15H2,1-3H3,(H,17,18). The molecule has 1 saturated carbocycles. The molecule has 7 heteroatoms. The minimum atomic E-state index is -1.02. The van der Waals surface area contributed by atoms with Crippen molar-refractivity contribution in [2.24, 2.45) is 11.1 Å². The Morgan fingerprint density at radius 2 is 2.00 bits per heavy atom. The first-order valence-corrected chi connectivity index (χ1v) is 7.22. The summed E-state index contributed by atoms with van der Waals surface area (Å²) in [5.41, 5.74) is 4.15. The van der Waals surface area contributed by atoms with Crippen molar-refractivity contribution < 1.29 is 24.2 Å². The van der Waals surface area contributed by atoms with Crippen LogP contribution in [0.2, 0.25) is 0 Å². The number of carboxylic acids is 1. The van der Waals surface area contributed by atoms with Gasteiger partial charge in [-0.1, -0.05) is 0 Å². The van der Waals surface area contributed by atoms with Gasteiger partial charge in [0.05, 0.1) is 24.7 Å². The first-order valence-electron chi connectivity index (χ1n) is 7.22. The molecule has 21 heavy (non-hydrogen) atoms. The highest BCUT2D eigenvalue weighted by molar-refractivity contribution is 5.79. The van der Waals surface area contributed by atoms with Gasteiger partial charge >= 0.3 is 12.1 Å². The van der Waals surface area contributed by atoms with Gasteiger partial charge in [-0.3, -0.25) is 9.69 Å². The highest BCUT2D eigenvalue weighted by Crippen LogP contribution is 2.46. The number of nitrogens with two attached hydrogens (primary N) is 1. The van der Waals surface area contributed by atoms with Gasteiger partial charge < -0.3 is 20.3 Å². The fraction of sp³-hybridized carbons (Fsp3) is 0.857. The van der Waals surface area contributed by atoms with Crippen LogP contribution in [0.3, 0.4) is 0 Å². The molecular weight excluding hydrogens is 276 g/mol. The normalized spacial score (nSPS) is 33.2. The lowest BCUT2D eigenvalue weighted by Crippen LogP contribution is -2.66. The van der Waals surface area contributed by atoms with Crippen LogP contribution in [-0.2, 0) is 14.3 Å². The molecule has 2 aliphatic rings. The number of carbonyl (C=O) groups excluding carboxylic acids is 1. The maximum atomic E-state index is 12.3. The predicted molar refractivity (Wildman–Crippen MR) is 74.8 cm³/mol. The summed E-state index contributed by atoms with van der Waals surface area (Å²) in [5, 5.41) is 9.60. The Kier molecular flexibility index (Phi) is 4.17. The molecule has 0 aromatic carbocycles. The number of ether oxygens (including phenoxy) is 2. The fourth-order valence-corrected chi connectivity index (χ4v) is 3.07. The van der Waals surface area contributed by atoms with E-state index in [2.05, 4.69) is 0 Å². The first-order chi connectivity index (χ1) is 9.66. The van der Waals surface area contributed by atoms with Gasteiger partial charge in [-0.05, 0) is 33.6 Å². The van der Waals surface area contributed by atoms with E-state index in [4.69, 9.17) is 15.2 Å². The molecular formula is C14H24N2O5. The Bertz CT molecular complexity index is 426. The quantitative estimate of drug-likeness (QED) is 0.782. The number of amides is 1. The van der Waals surface area contributed by atoms with Gasteiger partial charge in [-0.2, -0.15) is 0 Å². The minimum Gasteiger partial charge on any atom is -0.481 e. The van der Waals surface area contributed by atoms with Gasteiger partial charge in [0.2, 0.25) is 0 Å². The van der Waals surface area contributed by atoms with Gasteiger partial charge in [0, 0.05) is 12.6 Å². The van der Waals surface area contributed by atoms with Crippen LogP contribution in [0.25, 0.3) is 0 Å². The highest BCUT2D eigenvalue weighted by Gasteiger charge is 2.58. The van der Waals surface area contributed by atoms with Crippen molar-refractivity contribution >= 4 is 12.1 Å². The second-order valence-corrected chi connectivity index (χ2v) is 6.89. The fourth-order valence-electron chi connectivity index (χ4n) is 3.07. The molecule has 1 aliphatic carbocycles. The average Bonchev–Trinajstić information content (AvgIpc) is 2.32. The monoisotopic (exact) mass is 300 g/mol. The molecule has 120 valence electrons. The largest absolute Gasteiger partial charge is 0.481 e. The molecule has 0 aromatic heterocycles. The summed E-state index contributed by atoms with van der Waals surface area (Å²) < 4.78 is 10.8. The number of hydrogen-bond donors (Lipinski definition) is 2. The van der Waals surface area contributed by atoms with Gasteiger partial charge in [0.1, 0.15) is 5.60 Å². The molecule has 1 atom stereocenters. The maximum Gasteiger partial charge on any atom is 0.410 e. The maximum absolute atomic E-state index is 12.3. The molecule has 3 N–H and O–H groups in total. The van der Waals surface area contributed by atoms with Crippen LogP contribution in [0.15, 0.2) is 0 Å². The molecule has 0 radical (unpaired) electrons. The highest BCUT2D eigenvalue weighted by atomic mass is 16.6. The van der Waals surface area contributed by atoms with E-state index in [0.717, 1.165) is 0 Å². The zero-order valence-electron chi connectivity index (χ0n) is 12.8. The van der Waals surface area contributed by atoms with Crippen molar-refractivity contribution in [1.29, 1.82) is 0 Å². The topological polar surface area (TPSA) is 102 Å². The number of carboxylic acid groups (broad SMARTS) is 1. The second kappa shape index (κ2) is 5.46. The van der Waals surface area contributed by atoms with Gasteiger partial charge in [-0.25, -0.2) is 4.79 Å². The van der Waals surface area contributed by atoms with Crippen LogP contribution in [0.1, 0.15) is 33.6 Å². The van der Waals surface area contributed by atoms with E-state index in [0.29, 0.717) is 26.0 Å². The molecule has 1 unspecified atom stereocenters. The van der Waals surface area contributed by atoms with Crippen LogP contribution in [0.5, 0.6) is 0 Å². The third-order valence-electron chi connectivity index (χ3n) is 4.07. The Morgan fingerprint density at radius 1 is 1.38 bits per heavy atom. The van der Waals surface area contributed by atoms with Crippen LogP contribution in [0, 0.1) is 5.41 Å². The molecule has 2 fully saturated rings. The zero-order valence-corrected chi connectivity index (χ0v) is 12.8. The van der Waals surface area contributed by atoms with Crippen molar-refractivity contribution in [2.45, 2.75) is 51.3 Å². The van der Waals surface area contributed by atoms with Gasteiger partial charge in [-0.15, -0.1) is 0 Å². The minimum absolute atomic E-state index is 0.136. The lowest BCUT2D eigenvalue weighted by molar-refractivity contribution is -0.169. The average molecular weight is 300 g/mol. The molecule has 0 spiro atoms.